The van der Waals surface area contributed by atoms with Crippen LogP contribution in [-0.4, -0.2) is 44.3 Å². The Bertz CT molecular complexity index is 128. The standard InChI is InChI=1S/C10H21FN2/c1-10-8-12-5-3-7-13(9-10)6-2-4-11/h10,12H,2-9H2,1H3. The van der Waals surface area contributed by atoms with Gasteiger partial charge in [0.05, 0.1) is 6.67 Å². The molecule has 1 heterocycles. The van der Waals surface area contributed by atoms with Crippen LogP contribution < -0.4 is 5.32 Å². The summed E-state index contributed by atoms with van der Waals surface area (Å²) in [4.78, 5) is 2.39. The topological polar surface area (TPSA) is 15.3 Å². The van der Waals surface area contributed by atoms with Crippen molar-refractivity contribution in [1.82, 2.24) is 10.2 Å². The first kappa shape index (κ1) is 10.9. The lowest BCUT2D eigenvalue weighted by molar-refractivity contribution is 0.208. The third kappa shape index (κ3) is 4.58. The van der Waals surface area contributed by atoms with E-state index in [1.807, 2.05) is 0 Å². The molecule has 0 saturated carbocycles. The first-order valence-electron chi connectivity index (χ1n) is 5.32. The van der Waals surface area contributed by atoms with E-state index in [9.17, 15) is 4.39 Å². The van der Waals surface area contributed by atoms with Crippen molar-refractivity contribution in [3.63, 3.8) is 0 Å². The van der Waals surface area contributed by atoms with Gasteiger partial charge < -0.3 is 10.2 Å². The van der Waals surface area contributed by atoms with E-state index >= 15 is 0 Å². The maximum absolute atomic E-state index is 12.0. The predicted octanol–water partition coefficient (Wildman–Crippen LogP) is 1.28. The summed E-state index contributed by atoms with van der Waals surface area (Å²) in [7, 11) is 0. The first-order chi connectivity index (χ1) is 6.33. The van der Waals surface area contributed by atoms with E-state index in [4.69, 9.17) is 0 Å². The third-order valence-electron chi connectivity index (χ3n) is 2.50. The highest BCUT2D eigenvalue weighted by atomic mass is 19.1. The van der Waals surface area contributed by atoms with Crippen molar-refractivity contribution in [2.24, 2.45) is 5.92 Å². The molecule has 2 nitrogen and oxygen atoms in total. The summed E-state index contributed by atoms with van der Waals surface area (Å²) in [6.07, 6.45) is 1.89. The molecule has 1 aliphatic rings. The van der Waals surface area contributed by atoms with E-state index in [0.29, 0.717) is 12.3 Å². The third-order valence-corrected chi connectivity index (χ3v) is 2.50. The second-order valence-electron chi connectivity index (χ2n) is 4.01. The van der Waals surface area contributed by atoms with E-state index in [0.717, 1.165) is 32.7 Å². The summed E-state index contributed by atoms with van der Waals surface area (Å²) in [5.41, 5.74) is 0. The SMILES string of the molecule is CC1CNCCCN(CCCF)C1. The fourth-order valence-electron chi connectivity index (χ4n) is 1.86. The van der Waals surface area contributed by atoms with Crippen molar-refractivity contribution in [2.75, 3.05) is 39.4 Å². The van der Waals surface area contributed by atoms with Gasteiger partial charge >= 0.3 is 0 Å². The zero-order valence-electron chi connectivity index (χ0n) is 8.56. The summed E-state index contributed by atoms with van der Waals surface area (Å²) in [5.74, 6) is 0.694. The number of halogens is 1. The Kier molecular flexibility index (Phi) is 5.32. The molecule has 1 rings (SSSR count). The highest BCUT2D eigenvalue weighted by Crippen LogP contribution is 2.04. The van der Waals surface area contributed by atoms with Crippen molar-refractivity contribution in [2.45, 2.75) is 19.8 Å². The Morgan fingerprint density at radius 3 is 3.15 bits per heavy atom. The van der Waals surface area contributed by atoms with Gasteiger partial charge in [-0.05, 0) is 38.4 Å². The number of nitrogens with zero attached hydrogens (tertiary/aromatic N) is 1. The van der Waals surface area contributed by atoms with Crippen LogP contribution in [0.1, 0.15) is 19.8 Å². The molecule has 1 fully saturated rings. The summed E-state index contributed by atoms with van der Waals surface area (Å²) < 4.78 is 12.0. The molecular formula is C10H21FN2. The molecule has 0 aromatic heterocycles. The summed E-state index contributed by atoms with van der Waals surface area (Å²) >= 11 is 0. The van der Waals surface area contributed by atoms with Gasteiger partial charge in [-0.15, -0.1) is 0 Å². The molecule has 13 heavy (non-hydrogen) atoms. The van der Waals surface area contributed by atoms with Crippen LogP contribution in [0.15, 0.2) is 0 Å². The maximum Gasteiger partial charge on any atom is 0.0906 e. The van der Waals surface area contributed by atoms with Gasteiger partial charge in [0.25, 0.3) is 0 Å². The molecule has 0 aliphatic carbocycles. The van der Waals surface area contributed by atoms with E-state index in [1.165, 1.54) is 6.42 Å². The lowest BCUT2D eigenvalue weighted by Gasteiger charge is -2.28. The zero-order chi connectivity index (χ0) is 9.52. The Balaban J connectivity index is 2.23. The highest BCUT2D eigenvalue weighted by molar-refractivity contribution is 4.68. The van der Waals surface area contributed by atoms with Crippen LogP contribution in [0.4, 0.5) is 4.39 Å². The second kappa shape index (κ2) is 6.33. The fourth-order valence-corrected chi connectivity index (χ4v) is 1.86. The van der Waals surface area contributed by atoms with Crippen molar-refractivity contribution in [1.29, 1.82) is 0 Å². The number of rotatable bonds is 3. The molecule has 1 saturated heterocycles. The number of nitrogens with one attached hydrogen (secondary N) is 1. The Morgan fingerprint density at radius 2 is 2.38 bits per heavy atom. The molecule has 0 aromatic rings. The average Bonchev–Trinajstić information content (AvgIpc) is 2.09. The number of hydrogen-bond donors (Lipinski definition) is 1. The molecule has 0 radical (unpaired) electrons. The Hall–Kier alpha value is -0.150. The molecular weight excluding hydrogens is 167 g/mol. The molecule has 0 bridgehead atoms. The van der Waals surface area contributed by atoms with Gasteiger partial charge in [-0.2, -0.15) is 0 Å². The second-order valence-corrected chi connectivity index (χ2v) is 4.01. The minimum absolute atomic E-state index is 0.177. The van der Waals surface area contributed by atoms with Gasteiger partial charge in [-0.1, -0.05) is 6.92 Å². The minimum atomic E-state index is -0.177. The Labute approximate surface area is 80.5 Å². The minimum Gasteiger partial charge on any atom is -0.316 e. The molecule has 0 spiro atoms. The van der Waals surface area contributed by atoms with E-state index in [-0.39, 0.29) is 6.67 Å². The Morgan fingerprint density at radius 1 is 1.54 bits per heavy atom. The van der Waals surface area contributed by atoms with Crippen LogP contribution >= 0.6 is 0 Å². The molecule has 3 heteroatoms. The lowest BCUT2D eigenvalue weighted by Crippen LogP contribution is -2.39. The van der Waals surface area contributed by atoms with Crippen LogP contribution in [-0.2, 0) is 0 Å². The van der Waals surface area contributed by atoms with E-state index in [2.05, 4.69) is 17.1 Å². The van der Waals surface area contributed by atoms with Crippen molar-refractivity contribution in [3.8, 4) is 0 Å². The van der Waals surface area contributed by atoms with Gasteiger partial charge in [-0.3, -0.25) is 4.39 Å². The fraction of sp³-hybridized carbons (Fsp3) is 1.00. The van der Waals surface area contributed by atoms with Crippen LogP contribution in [0.3, 0.4) is 0 Å². The first-order valence-corrected chi connectivity index (χ1v) is 5.32. The van der Waals surface area contributed by atoms with Crippen molar-refractivity contribution >= 4 is 0 Å². The summed E-state index contributed by atoms with van der Waals surface area (Å²) in [6.45, 7) is 7.46. The molecule has 1 N–H and O–H groups in total. The van der Waals surface area contributed by atoms with Crippen molar-refractivity contribution in [3.05, 3.63) is 0 Å². The summed E-state index contributed by atoms with van der Waals surface area (Å²) in [5, 5.41) is 3.41. The van der Waals surface area contributed by atoms with Gasteiger partial charge in [0.15, 0.2) is 0 Å². The number of hydrogen-bond acceptors (Lipinski definition) is 2. The van der Waals surface area contributed by atoms with Crippen LogP contribution in [0, 0.1) is 5.92 Å². The van der Waals surface area contributed by atoms with Crippen molar-refractivity contribution < 1.29 is 4.39 Å². The quantitative estimate of drug-likeness (QED) is 0.717. The van der Waals surface area contributed by atoms with Gasteiger partial charge in [-0.25, -0.2) is 0 Å². The maximum atomic E-state index is 12.0. The van der Waals surface area contributed by atoms with Crippen LogP contribution in [0.2, 0.25) is 0 Å². The number of alkyl halides is 1. The van der Waals surface area contributed by atoms with Gasteiger partial charge in [0, 0.05) is 13.1 Å². The van der Waals surface area contributed by atoms with Crippen LogP contribution in [0.25, 0.3) is 0 Å². The lowest BCUT2D eigenvalue weighted by atomic mass is 10.1. The molecule has 1 aliphatic heterocycles. The largest absolute Gasteiger partial charge is 0.316 e. The smallest absolute Gasteiger partial charge is 0.0906 e. The monoisotopic (exact) mass is 188 g/mol. The molecule has 0 aromatic carbocycles. The zero-order valence-corrected chi connectivity index (χ0v) is 8.56. The van der Waals surface area contributed by atoms with Gasteiger partial charge in [0.2, 0.25) is 0 Å². The predicted molar refractivity (Wildman–Crippen MR) is 53.7 cm³/mol. The highest BCUT2D eigenvalue weighted by Gasteiger charge is 2.12. The average molecular weight is 188 g/mol. The normalized spacial score (nSPS) is 26.8. The summed E-state index contributed by atoms with van der Waals surface area (Å²) in [6, 6.07) is 0. The molecule has 0 amide bonds. The molecule has 1 atom stereocenters. The molecule has 78 valence electrons. The van der Waals surface area contributed by atoms with Crippen LogP contribution in [0.5, 0.6) is 0 Å². The molecule has 1 unspecified atom stereocenters. The van der Waals surface area contributed by atoms with E-state index < -0.39 is 0 Å². The van der Waals surface area contributed by atoms with E-state index in [1.54, 1.807) is 0 Å². The van der Waals surface area contributed by atoms with Gasteiger partial charge in [0.1, 0.15) is 0 Å².